The fourth-order valence-electron chi connectivity index (χ4n) is 1.98. The van der Waals surface area contributed by atoms with Gasteiger partial charge in [-0.1, -0.05) is 0 Å². The first-order valence-corrected chi connectivity index (χ1v) is 8.36. The Labute approximate surface area is 133 Å². The van der Waals surface area contributed by atoms with Gasteiger partial charge in [0.05, 0.1) is 11.9 Å². The quantitative estimate of drug-likeness (QED) is 0.160. The van der Waals surface area contributed by atoms with Crippen molar-refractivity contribution in [1.29, 1.82) is 0 Å². The molecule has 1 aromatic heterocycles. The van der Waals surface area contributed by atoms with Crippen LogP contribution in [0.3, 0.4) is 0 Å². The molecule has 1 aliphatic rings. The molecule has 0 bridgehead atoms. The molecule has 0 saturated carbocycles. The van der Waals surface area contributed by atoms with Crippen LogP contribution in [0.25, 0.3) is 0 Å². The van der Waals surface area contributed by atoms with E-state index in [4.69, 9.17) is 15.9 Å². The Kier molecular flexibility index (Phi) is 5.30. The Balaban J connectivity index is 1.73. The van der Waals surface area contributed by atoms with Gasteiger partial charge in [-0.2, -0.15) is 27.5 Å². The molecule has 2 heterocycles. The standard InChI is InChI=1S/C11H20N8O3S/c1-14-11(7-16-23(20,21)19-11)15-5-3-2-4-8-6-22-10(17-8)18-9(12)13/h6-7,14-15,19H,2-5H2,1H3,(H4,12,13,17,18). The molecule has 0 radical (unpaired) electrons. The molecule has 7 N–H and O–H groups in total. The highest BCUT2D eigenvalue weighted by Gasteiger charge is 2.36. The normalized spacial score (nSPS) is 22.3. The second kappa shape index (κ2) is 7.04. The van der Waals surface area contributed by atoms with Gasteiger partial charge in [0.25, 0.3) is 0 Å². The van der Waals surface area contributed by atoms with Crippen molar-refractivity contribution in [1.82, 2.24) is 20.3 Å². The number of nitrogens with one attached hydrogen (secondary N) is 3. The van der Waals surface area contributed by atoms with Crippen LogP contribution in [0.15, 0.2) is 20.1 Å². The maximum Gasteiger partial charge on any atom is 0.325 e. The van der Waals surface area contributed by atoms with E-state index in [1.165, 1.54) is 12.5 Å². The first-order chi connectivity index (χ1) is 10.8. The molecule has 128 valence electrons. The van der Waals surface area contributed by atoms with E-state index in [9.17, 15) is 8.42 Å². The van der Waals surface area contributed by atoms with Gasteiger partial charge in [0.15, 0.2) is 11.7 Å². The second-order valence-electron chi connectivity index (χ2n) is 4.91. The Bertz CT molecular complexity index is 694. The van der Waals surface area contributed by atoms with E-state index < -0.39 is 16.0 Å². The number of aromatic nitrogens is 1. The summed E-state index contributed by atoms with van der Waals surface area (Å²) in [6.45, 7) is 0.577. The molecule has 11 nitrogen and oxygen atoms in total. The number of oxazole rings is 1. The number of hydrogen-bond acceptors (Lipinski definition) is 7. The number of aryl methyl sites for hydroxylation is 1. The molecule has 0 aliphatic carbocycles. The van der Waals surface area contributed by atoms with Gasteiger partial charge in [0, 0.05) is 0 Å². The zero-order valence-corrected chi connectivity index (χ0v) is 13.4. The zero-order chi connectivity index (χ0) is 16.9. The Morgan fingerprint density at radius 3 is 2.87 bits per heavy atom. The van der Waals surface area contributed by atoms with Gasteiger partial charge >= 0.3 is 16.2 Å². The van der Waals surface area contributed by atoms with Crippen LogP contribution < -0.4 is 26.8 Å². The molecule has 0 saturated heterocycles. The average molecular weight is 344 g/mol. The SMILES string of the molecule is CNC1(NCCCCc2coc(N=C(N)N)n2)C=NS(=O)(=O)N1. The highest BCUT2D eigenvalue weighted by molar-refractivity contribution is 7.88. The van der Waals surface area contributed by atoms with Crippen molar-refractivity contribution in [2.75, 3.05) is 13.6 Å². The molecule has 2 rings (SSSR count). The molecule has 1 atom stereocenters. The van der Waals surface area contributed by atoms with Crippen molar-refractivity contribution in [3.63, 3.8) is 0 Å². The van der Waals surface area contributed by atoms with Crippen molar-refractivity contribution in [3.8, 4) is 0 Å². The molecule has 1 unspecified atom stereocenters. The molecule has 0 amide bonds. The molecule has 0 fully saturated rings. The average Bonchev–Trinajstić information content (AvgIpc) is 3.03. The van der Waals surface area contributed by atoms with Crippen LogP contribution in [-0.4, -0.2) is 45.0 Å². The van der Waals surface area contributed by atoms with E-state index in [1.54, 1.807) is 7.05 Å². The fraction of sp³-hybridized carbons (Fsp3) is 0.545. The van der Waals surface area contributed by atoms with Crippen molar-refractivity contribution in [2.45, 2.75) is 25.0 Å². The Morgan fingerprint density at radius 2 is 2.26 bits per heavy atom. The highest BCUT2D eigenvalue weighted by Crippen LogP contribution is 2.12. The molecule has 1 aliphatic heterocycles. The zero-order valence-electron chi connectivity index (χ0n) is 12.6. The summed E-state index contributed by atoms with van der Waals surface area (Å²) in [5, 5.41) is 5.92. The number of unbranched alkanes of at least 4 members (excludes halogenated alkanes) is 1. The molecule has 12 heteroatoms. The largest absolute Gasteiger partial charge is 0.430 e. The number of aliphatic imine (C=N–C) groups is 1. The highest BCUT2D eigenvalue weighted by atomic mass is 32.2. The molecule has 0 aromatic carbocycles. The monoisotopic (exact) mass is 344 g/mol. The lowest BCUT2D eigenvalue weighted by Crippen LogP contribution is -2.65. The van der Waals surface area contributed by atoms with Gasteiger partial charge in [-0.25, -0.2) is 0 Å². The Morgan fingerprint density at radius 1 is 1.48 bits per heavy atom. The maximum absolute atomic E-state index is 11.3. The maximum atomic E-state index is 11.3. The number of guanidine groups is 1. The van der Waals surface area contributed by atoms with Gasteiger partial charge < -0.3 is 15.9 Å². The molecular weight excluding hydrogens is 324 g/mol. The lowest BCUT2D eigenvalue weighted by molar-refractivity contribution is 0.362. The summed E-state index contributed by atoms with van der Waals surface area (Å²) in [5.74, 6) is -1.14. The summed E-state index contributed by atoms with van der Waals surface area (Å²) in [6.07, 6.45) is 5.11. The first-order valence-electron chi connectivity index (χ1n) is 6.92. The summed E-state index contributed by atoms with van der Waals surface area (Å²) in [5.41, 5.74) is 11.2. The summed E-state index contributed by atoms with van der Waals surface area (Å²) in [4.78, 5) is 7.82. The van der Waals surface area contributed by atoms with E-state index in [1.807, 2.05) is 0 Å². The second-order valence-corrected chi connectivity index (χ2v) is 6.28. The number of nitrogens with zero attached hydrogens (tertiary/aromatic N) is 3. The molecule has 0 spiro atoms. The first kappa shape index (κ1) is 17.3. The summed E-state index contributed by atoms with van der Waals surface area (Å²) in [6, 6.07) is 0.129. The van der Waals surface area contributed by atoms with E-state index in [0.717, 1.165) is 18.5 Å². The van der Waals surface area contributed by atoms with Crippen LogP contribution in [0.4, 0.5) is 6.01 Å². The lowest BCUT2D eigenvalue weighted by atomic mass is 10.2. The summed E-state index contributed by atoms with van der Waals surface area (Å²) in [7, 11) is -1.99. The third-order valence-corrected chi connectivity index (χ3v) is 4.06. The van der Waals surface area contributed by atoms with Crippen molar-refractivity contribution in [3.05, 3.63) is 12.0 Å². The predicted molar refractivity (Wildman–Crippen MR) is 85.3 cm³/mol. The third kappa shape index (κ3) is 4.99. The summed E-state index contributed by atoms with van der Waals surface area (Å²) < 4.78 is 33.5. The number of nitrogens with two attached hydrogens (primary N) is 2. The van der Waals surface area contributed by atoms with Crippen molar-refractivity contribution < 1.29 is 12.8 Å². The van der Waals surface area contributed by atoms with Crippen LogP contribution in [0, 0.1) is 0 Å². The topological polar surface area (TPSA) is 173 Å². The minimum Gasteiger partial charge on any atom is -0.430 e. The third-order valence-electron chi connectivity index (χ3n) is 3.10. The van der Waals surface area contributed by atoms with Crippen LogP contribution in [0.1, 0.15) is 18.5 Å². The van der Waals surface area contributed by atoms with Gasteiger partial charge in [-0.3, -0.25) is 10.6 Å². The molecular formula is C11H20N8O3S. The summed E-state index contributed by atoms with van der Waals surface area (Å²) >= 11 is 0. The van der Waals surface area contributed by atoms with Gasteiger partial charge in [0.2, 0.25) is 0 Å². The van der Waals surface area contributed by atoms with Crippen LogP contribution in [0.2, 0.25) is 0 Å². The van der Waals surface area contributed by atoms with Gasteiger partial charge in [-0.05, 0) is 32.9 Å². The number of rotatable bonds is 8. The van der Waals surface area contributed by atoms with Crippen molar-refractivity contribution in [2.24, 2.45) is 20.9 Å². The van der Waals surface area contributed by atoms with Gasteiger partial charge in [0.1, 0.15) is 6.26 Å². The van der Waals surface area contributed by atoms with Crippen LogP contribution in [0.5, 0.6) is 0 Å². The lowest BCUT2D eigenvalue weighted by Gasteiger charge is -2.26. The molecule has 1 aromatic rings. The van der Waals surface area contributed by atoms with E-state index in [0.29, 0.717) is 13.0 Å². The van der Waals surface area contributed by atoms with Crippen LogP contribution >= 0.6 is 0 Å². The smallest absolute Gasteiger partial charge is 0.325 e. The number of hydrogen-bond donors (Lipinski definition) is 5. The van der Waals surface area contributed by atoms with Crippen molar-refractivity contribution >= 4 is 28.4 Å². The Hall–Kier alpha value is -2.02. The predicted octanol–water partition coefficient (Wildman–Crippen LogP) is -1.72. The van der Waals surface area contributed by atoms with E-state index >= 15 is 0 Å². The van der Waals surface area contributed by atoms with E-state index in [-0.39, 0.29) is 12.0 Å². The minimum absolute atomic E-state index is 0.111. The van der Waals surface area contributed by atoms with Crippen LogP contribution in [-0.2, 0) is 16.6 Å². The van der Waals surface area contributed by atoms with Gasteiger partial charge in [-0.15, -0.1) is 0 Å². The van der Waals surface area contributed by atoms with E-state index in [2.05, 4.69) is 29.7 Å². The minimum atomic E-state index is -3.62. The molecule has 23 heavy (non-hydrogen) atoms. The fourth-order valence-corrected chi connectivity index (χ4v) is 2.96.